The Morgan fingerprint density at radius 3 is 2.70 bits per heavy atom. The third-order valence-corrected chi connectivity index (χ3v) is 4.34. The van der Waals surface area contributed by atoms with E-state index >= 15 is 0 Å². The van der Waals surface area contributed by atoms with E-state index in [1.807, 2.05) is 30.5 Å². The first-order valence-corrected chi connectivity index (χ1v) is 7.65. The van der Waals surface area contributed by atoms with E-state index in [4.69, 9.17) is 5.73 Å². The van der Waals surface area contributed by atoms with Gasteiger partial charge in [-0.1, -0.05) is 30.3 Å². The van der Waals surface area contributed by atoms with Gasteiger partial charge in [0.2, 0.25) is 5.91 Å². The number of nitrogens with two attached hydrogens (primary N) is 1. The van der Waals surface area contributed by atoms with Crippen LogP contribution < -0.4 is 11.1 Å². The van der Waals surface area contributed by atoms with Crippen molar-refractivity contribution in [1.29, 1.82) is 0 Å². The zero-order valence-electron chi connectivity index (χ0n) is 11.6. The maximum atomic E-state index is 11.9. The van der Waals surface area contributed by atoms with E-state index in [0.29, 0.717) is 13.0 Å². The quantitative estimate of drug-likeness (QED) is 0.858. The third kappa shape index (κ3) is 4.18. The Morgan fingerprint density at radius 1 is 1.30 bits per heavy atom. The maximum absolute atomic E-state index is 11.9. The van der Waals surface area contributed by atoms with Gasteiger partial charge in [0, 0.05) is 4.88 Å². The van der Waals surface area contributed by atoms with Crippen LogP contribution in [-0.4, -0.2) is 11.9 Å². The SMILES string of the molecule is Cc1ccsc1CNC(=O)[C@@H](N)CCc1ccccc1. The average Bonchev–Trinajstić information content (AvgIpc) is 2.88. The normalized spacial score (nSPS) is 12.1. The van der Waals surface area contributed by atoms with Crippen LogP contribution in [-0.2, 0) is 17.8 Å². The van der Waals surface area contributed by atoms with Gasteiger partial charge in [-0.05, 0) is 42.3 Å². The molecule has 2 aromatic rings. The van der Waals surface area contributed by atoms with Gasteiger partial charge in [-0.3, -0.25) is 4.79 Å². The Balaban J connectivity index is 1.76. The van der Waals surface area contributed by atoms with E-state index in [0.717, 1.165) is 6.42 Å². The molecular formula is C16H20N2OS. The molecule has 3 nitrogen and oxygen atoms in total. The summed E-state index contributed by atoms with van der Waals surface area (Å²) in [5.74, 6) is -0.0752. The summed E-state index contributed by atoms with van der Waals surface area (Å²) < 4.78 is 0. The molecule has 0 spiro atoms. The summed E-state index contributed by atoms with van der Waals surface area (Å²) in [7, 11) is 0. The largest absolute Gasteiger partial charge is 0.350 e. The molecule has 1 heterocycles. The summed E-state index contributed by atoms with van der Waals surface area (Å²) in [5, 5.41) is 4.94. The Hall–Kier alpha value is -1.65. The van der Waals surface area contributed by atoms with Crippen LogP contribution in [0.3, 0.4) is 0 Å². The third-order valence-electron chi connectivity index (χ3n) is 3.31. The topological polar surface area (TPSA) is 55.1 Å². The molecule has 0 unspecified atom stereocenters. The molecule has 0 saturated heterocycles. The molecule has 1 aromatic heterocycles. The van der Waals surface area contributed by atoms with Crippen molar-refractivity contribution in [3.05, 3.63) is 57.8 Å². The van der Waals surface area contributed by atoms with E-state index in [1.54, 1.807) is 11.3 Å². The Morgan fingerprint density at radius 2 is 2.05 bits per heavy atom. The van der Waals surface area contributed by atoms with Crippen molar-refractivity contribution in [2.75, 3.05) is 0 Å². The number of amides is 1. The highest BCUT2D eigenvalue weighted by Gasteiger charge is 2.13. The number of carbonyl (C=O) groups is 1. The van der Waals surface area contributed by atoms with E-state index in [-0.39, 0.29) is 5.91 Å². The number of aryl methyl sites for hydroxylation is 2. The Bertz CT molecular complexity index is 551. The van der Waals surface area contributed by atoms with Gasteiger partial charge in [0.25, 0.3) is 0 Å². The number of nitrogens with one attached hydrogen (secondary N) is 1. The minimum absolute atomic E-state index is 0.0752. The van der Waals surface area contributed by atoms with Gasteiger partial charge >= 0.3 is 0 Å². The van der Waals surface area contributed by atoms with Crippen molar-refractivity contribution in [2.24, 2.45) is 5.73 Å². The van der Waals surface area contributed by atoms with Gasteiger partial charge in [0.1, 0.15) is 0 Å². The predicted octanol–water partition coefficient (Wildman–Crippen LogP) is 2.63. The van der Waals surface area contributed by atoms with Crippen molar-refractivity contribution in [3.63, 3.8) is 0 Å². The molecule has 2 rings (SSSR count). The first-order chi connectivity index (χ1) is 9.66. The maximum Gasteiger partial charge on any atom is 0.237 e. The second kappa shape index (κ2) is 7.22. The minimum atomic E-state index is -0.449. The highest BCUT2D eigenvalue weighted by Crippen LogP contribution is 2.14. The molecule has 0 aliphatic heterocycles. The second-order valence-corrected chi connectivity index (χ2v) is 5.88. The zero-order chi connectivity index (χ0) is 14.4. The van der Waals surface area contributed by atoms with Gasteiger partial charge < -0.3 is 11.1 Å². The molecule has 1 aromatic carbocycles. The van der Waals surface area contributed by atoms with E-state index in [1.165, 1.54) is 16.0 Å². The molecule has 0 radical (unpaired) electrons. The van der Waals surface area contributed by atoms with Crippen LogP contribution in [0.1, 0.15) is 22.4 Å². The molecule has 0 aliphatic carbocycles. The Labute approximate surface area is 123 Å². The molecule has 106 valence electrons. The van der Waals surface area contributed by atoms with Crippen LogP contribution in [0.4, 0.5) is 0 Å². The molecule has 0 saturated carbocycles. The van der Waals surface area contributed by atoms with Gasteiger partial charge in [0.05, 0.1) is 12.6 Å². The molecule has 3 N–H and O–H groups in total. The first kappa shape index (κ1) is 14.8. The summed E-state index contributed by atoms with van der Waals surface area (Å²) in [6.07, 6.45) is 1.49. The number of hydrogen-bond donors (Lipinski definition) is 2. The van der Waals surface area contributed by atoms with Crippen LogP contribution in [0.25, 0.3) is 0 Å². The number of thiophene rings is 1. The lowest BCUT2D eigenvalue weighted by Gasteiger charge is -2.12. The van der Waals surface area contributed by atoms with Gasteiger partial charge in [-0.25, -0.2) is 0 Å². The van der Waals surface area contributed by atoms with Crippen LogP contribution in [0, 0.1) is 6.92 Å². The smallest absolute Gasteiger partial charge is 0.237 e. The number of hydrogen-bond acceptors (Lipinski definition) is 3. The Kier molecular flexibility index (Phi) is 5.32. The highest BCUT2D eigenvalue weighted by atomic mass is 32.1. The minimum Gasteiger partial charge on any atom is -0.350 e. The fourth-order valence-corrected chi connectivity index (χ4v) is 2.83. The second-order valence-electron chi connectivity index (χ2n) is 4.88. The van der Waals surface area contributed by atoms with Gasteiger partial charge in [-0.15, -0.1) is 11.3 Å². The molecular weight excluding hydrogens is 268 g/mol. The lowest BCUT2D eigenvalue weighted by atomic mass is 10.1. The van der Waals surface area contributed by atoms with Crippen molar-refractivity contribution < 1.29 is 4.79 Å². The summed E-state index contributed by atoms with van der Waals surface area (Å²) in [6.45, 7) is 2.62. The molecule has 0 aliphatic rings. The fourth-order valence-electron chi connectivity index (χ4n) is 1.98. The monoisotopic (exact) mass is 288 g/mol. The van der Waals surface area contributed by atoms with Gasteiger partial charge in [-0.2, -0.15) is 0 Å². The van der Waals surface area contributed by atoms with E-state index < -0.39 is 6.04 Å². The lowest BCUT2D eigenvalue weighted by molar-refractivity contribution is -0.122. The predicted molar refractivity (Wildman–Crippen MR) is 83.6 cm³/mol. The van der Waals surface area contributed by atoms with Crippen LogP contribution in [0.2, 0.25) is 0 Å². The molecule has 1 amide bonds. The number of benzene rings is 1. The molecule has 4 heteroatoms. The molecule has 0 bridgehead atoms. The average molecular weight is 288 g/mol. The first-order valence-electron chi connectivity index (χ1n) is 6.77. The van der Waals surface area contributed by atoms with Crippen LogP contribution in [0.15, 0.2) is 41.8 Å². The van der Waals surface area contributed by atoms with Crippen molar-refractivity contribution >= 4 is 17.2 Å². The fraction of sp³-hybridized carbons (Fsp3) is 0.312. The van der Waals surface area contributed by atoms with Crippen molar-refractivity contribution in [3.8, 4) is 0 Å². The highest BCUT2D eigenvalue weighted by molar-refractivity contribution is 7.10. The van der Waals surface area contributed by atoms with Crippen molar-refractivity contribution in [1.82, 2.24) is 5.32 Å². The summed E-state index contributed by atoms with van der Waals surface area (Å²) in [4.78, 5) is 13.1. The standard InChI is InChI=1S/C16H20N2OS/c1-12-9-10-20-15(12)11-18-16(19)14(17)8-7-13-5-3-2-4-6-13/h2-6,9-10,14H,7-8,11,17H2,1H3,(H,18,19)/t14-/m0/s1. The van der Waals surface area contributed by atoms with Gasteiger partial charge in [0.15, 0.2) is 0 Å². The molecule has 1 atom stereocenters. The lowest BCUT2D eigenvalue weighted by Crippen LogP contribution is -2.40. The van der Waals surface area contributed by atoms with E-state index in [9.17, 15) is 4.79 Å². The summed E-state index contributed by atoms with van der Waals surface area (Å²) in [6, 6.07) is 11.7. The number of rotatable bonds is 6. The van der Waals surface area contributed by atoms with Crippen LogP contribution >= 0.6 is 11.3 Å². The van der Waals surface area contributed by atoms with E-state index in [2.05, 4.69) is 23.5 Å². The molecule has 20 heavy (non-hydrogen) atoms. The number of carbonyl (C=O) groups excluding carboxylic acids is 1. The summed E-state index contributed by atoms with van der Waals surface area (Å²) in [5.41, 5.74) is 8.36. The summed E-state index contributed by atoms with van der Waals surface area (Å²) >= 11 is 1.66. The van der Waals surface area contributed by atoms with Crippen molar-refractivity contribution in [2.45, 2.75) is 32.4 Å². The van der Waals surface area contributed by atoms with Crippen LogP contribution in [0.5, 0.6) is 0 Å². The zero-order valence-corrected chi connectivity index (χ0v) is 12.5. The molecule has 0 fully saturated rings.